The van der Waals surface area contributed by atoms with Crippen molar-refractivity contribution in [3.8, 4) is 0 Å². The average molecular weight is 425 g/mol. The van der Waals surface area contributed by atoms with E-state index < -0.39 is 0 Å². The molecule has 1 heteroatoms. The SMILES string of the molecule is CC1(C)CC[C@]2(C)CC=C3[C@]4(C)CC[C@@H]5C(C)(C)C(=O)CC[C@]5(C)[C@@H]4CC[C@@]3(C)[C@@H]2C1. The second-order valence-electron chi connectivity index (χ2n) is 15.1. The highest BCUT2D eigenvalue weighted by atomic mass is 16.1. The van der Waals surface area contributed by atoms with Crippen molar-refractivity contribution in [3.05, 3.63) is 11.6 Å². The standard InChI is InChI=1S/C30H48O/c1-25(2)17-18-27(5)13-9-21-29(7)14-10-20-26(3,4)24(31)12-16-28(20,6)22(29)11-15-30(21,8)23(27)19-25/h9,20,22-23H,10-19H2,1-8H3/t20-,22+,23-,27+,28+,29+,30-/m1/s1. The Kier molecular flexibility index (Phi) is 4.51. The number of carbonyl (C=O) groups excluding carboxylic acids is 1. The van der Waals surface area contributed by atoms with Crippen LogP contribution in [0.3, 0.4) is 0 Å². The molecule has 4 saturated carbocycles. The van der Waals surface area contributed by atoms with Crippen LogP contribution in [0.25, 0.3) is 0 Å². The molecule has 0 aliphatic heterocycles. The summed E-state index contributed by atoms with van der Waals surface area (Å²) in [5.41, 5.74) is 3.73. The van der Waals surface area contributed by atoms with Crippen LogP contribution in [-0.4, -0.2) is 5.78 Å². The highest BCUT2D eigenvalue weighted by Crippen LogP contribution is 2.74. The molecule has 4 fully saturated rings. The van der Waals surface area contributed by atoms with Crippen LogP contribution < -0.4 is 0 Å². The van der Waals surface area contributed by atoms with E-state index in [9.17, 15) is 4.79 Å². The Morgan fingerprint density at radius 3 is 2.03 bits per heavy atom. The van der Waals surface area contributed by atoms with Crippen LogP contribution in [0.15, 0.2) is 11.6 Å². The minimum absolute atomic E-state index is 0.137. The molecule has 7 atom stereocenters. The largest absolute Gasteiger partial charge is 0.299 e. The number of allylic oxidation sites excluding steroid dienone is 2. The Morgan fingerprint density at radius 1 is 0.742 bits per heavy atom. The summed E-state index contributed by atoms with van der Waals surface area (Å²) in [4.78, 5) is 12.9. The third kappa shape index (κ3) is 2.76. The molecule has 0 N–H and O–H groups in total. The lowest BCUT2D eigenvalue weighted by molar-refractivity contribution is -0.168. The van der Waals surface area contributed by atoms with Crippen LogP contribution in [0.5, 0.6) is 0 Å². The van der Waals surface area contributed by atoms with E-state index in [4.69, 9.17) is 0 Å². The van der Waals surface area contributed by atoms with Crippen molar-refractivity contribution in [1.29, 1.82) is 0 Å². The number of Topliss-reactive ketones (excluding diaryl/α,β-unsaturated/α-hetero) is 1. The van der Waals surface area contributed by atoms with Gasteiger partial charge in [0.2, 0.25) is 0 Å². The third-order valence-electron chi connectivity index (χ3n) is 12.5. The van der Waals surface area contributed by atoms with Gasteiger partial charge in [-0.25, -0.2) is 0 Å². The summed E-state index contributed by atoms with van der Waals surface area (Å²) >= 11 is 0. The normalized spacial score (nSPS) is 52.8. The van der Waals surface area contributed by atoms with Crippen LogP contribution in [0.4, 0.5) is 0 Å². The average Bonchev–Trinajstić information content (AvgIpc) is 2.66. The van der Waals surface area contributed by atoms with Gasteiger partial charge in [0.25, 0.3) is 0 Å². The summed E-state index contributed by atoms with van der Waals surface area (Å²) in [7, 11) is 0. The van der Waals surface area contributed by atoms with Gasteiger partial charge < -0.3 is 0 Å². The van der Waals surface area contributed by atoms with Crippen molar-refractivity contribution in [1.82, 2.24) is 0 Å². The van der Waals surface area contributed by atoms with Crippen molar-refractivity contribution in [2.45, 2.75) is 120 Å². The van der Waals surface area contributed by atoms with Crippen molar-refractivity contribution >= 4 is 5.78 Å². The van der Waals surface area contributed by atoms with E-state index in [2.05, 4.69) is 61.5 Å². The monoisotopic (exact) mass is 424 g/mol. The van der Waals surface area contributed by atoms with Gasteiger partial charge in [0, 0.05) is 11.8 Å². The molecular weight excluding hydrogens is 376 g/mol. The van der Waals surface area contributed by atoms with Crippen LogP contribution in [0, 0.1) is 50.2 Å². The first-order valence-corrected chi connectivity index (χ1v) is 13.4. The highest BCUT2D eigenvalue weighted by Gasteiger charge is 2.66. The summed E-state index contributed by atoms with van der Waals surface area (Å²) in [5, 5.41) is 0. The molecule has 31 heavy (non-hydrogen) atoms. The molecule has 5 aliphatic rings. The van der Waals surface area contributed by atoms with Crippen LogP contribution >= 0.6 is 0 Å². The Hall–Kier alpha value is -0.590. The number of carbonyl (C=O) groups is 1. The molecule has 1 nitrogen and oxygen atoms in total. The number of fused-ring (bicyclic) bond motifs is 7. The maximum atomic E-state index is 12.9. The first-order chi connectivity index (χ1) is 14.2. The van der Waals surface area contributed by atoms with Crippen molar-refractivity contribution in [2.75, 3.05) is 0 Å². The fourth-order valence-corrected chi connectivity index (χ4v) is 10.7. The summed E-state index contributed by atoms with van der Waals surface area (Å²) in [6, 6.07) is 0. The molecule has 5 aliphatic carbocycles. The molecular formula is C30H48O. The fraction of sp³-hybridized carbons (Fsp3) is 0.900. The molecule has 0 aromatic rings. The summed E-state index contributed by atoms with van der Waals surface area (Å²) in [6.45, 7) is 20.1. The minimum Gasteiger partial charge on any atom is -0.299 e. The Morgan fingerprint density at radius 2 is 1.35 bits per heavy atom. The van der Waals surface area contributed by atoms with Gasteiger partial charge in [0.1, 0.15) is 5.78 Å². The van der Waals surface area contributed by atoms with Crippen molar-refractivity contribution < 1.29 is 4.79 Å². The molecule has 0 aromatic heterocycles. The second kappa shape index (κ2) is 6.29. The summed E-state index contributed by atoms with van der Waals surface area (Å²) in [6.07, 6.45) is 15.5. The predicted octanol–water partition coefficient (Wildman–Crippen LogP) is 8.38. The zero-order chi connectivity index (χ0) is 22.7. The molecule has 0 bridgehead atoms. The van der Waals surface area contributed by atoms with E-state index >= 15 is 0 Å². The maximum absolute atomic E-state index is 12.9. The molecule has 0 amide bonds. The zero-order valence-corrected chi connectivity index (χ0v) is 21.8. The molecule has 0 saturated heterocycles. The van der Waals surface area contributed by atoms with Crippen molar-refractivity contribution in [2.24, 2.45) is 50.2 Å². The van der Waals surface area contributed by atoms with E-state index in [1.54, 1.807) is 0 Å². The molecule has 5 rings (SSSR count). The summed E-state index contributed by atoms with van der Waals surface area (Å²) in [5.74, 6) is 2.66. The number of hydrogen-bond acceptors (Lipinski definition) is 1. The number of rotatable bonds is 0. The van der Waals surface area contributed by atoms with Gasteiger partial charge >= 0.3 is 0 Å². The molecule has 0 heterocycles. The minimum atomic E-state index is -0.137. The van der Waals surface area contributed by atoms with E-state index in [1.807, 2.05) is 5.57 Å². The first kappa shape index (κ1) is 22.2. The third-order valence-corrected chi connectivity index (χ3v) is 12.5. The maximum Gasteiger partial charge on any atom is 0.138 e. The van der Waals surface area contributed by atoms with Gasteiger partial charge in [-0.2, -0.15) is 0 Å². The quantitative estimate of drug-likeness (QED) is 0.357. The van der Waals surface area contributed by atoms with Gasteiger partial charge in [-0.1, -0.05) is 67.0 Å². The lowest BCUT2D eigenvalue weighted by Gasteiger charge is -2.69. The zero-order valence-electron chi connectivity index (χ0n) is 21.8. The Bertz CT molecular complexity index is 831. The van der Waals surface area contributed by atoms with E-state index in [-0.39, 0.29) is 5.41 Å². The lowest BCUT2D eigenvalue weighted by atomic mass is 9.35. The van der Waals surface area contributed by atoms with E-state index in [0.717, 1.165) is 24.7 Å². The molecule has 0 radical (unpaired) electrons. The number of hydrogen-bond donors (Lipinski definition) is 0. The van der Waals surface area contributed by atoms with Gasteiger partial charge in [-0.3, -0.25) is 4.79 Å². The topological polar surface area (TPSA) is 17.1 Å². The lowest BCUT2D eigenvalue weighted by Crippen LogP contribution is -2.62. The number of ketones is 1. The highest BCUT2D eigenvalue weighted by molar-refractivity contribution is 5.85. The first-order valence-electron chi connectivity index (χ1n) is 13.4. The van der Waals surface area contributed by atoms with Gasteiger partial charge in [0.05, 0.1) is 0 Å². The van der Waals surface area contributed by atoms with Gasteiger partial charge in [-0.05, 0) is 103 Å². The fourth-order valence-electron chi connectivity index (χ4n) is 10.7. The molecule has 0 aromatic carbocycles. The summed E-state index contributed by atoms with van der Waals surface area (Å²) < 4.78 is 0. The van der Waals surface area contributed by atoms with Crippen molar-refractivity contribution in [3.63, 3.8) is 0 Å². The molecule has 174 valence electrons. The van der Waals surface area contributed by atoms with E-state index in [1.165, 1.54) is 51.4 Å². The Balaban J connectivity index is 1.56. The Labute approximate surface area is 192 Å². The van der Waals surface area contributed by atoms with Crippen LogP contribution in [0.1, 0.15) is 120 Å². The molecule has 0 unspecified atom stereocenters. The van der Waals surface area contributed by atoms with Crippen LogP contribution in [-0.2, 0) is 4.79 Å². The van der Waals surface area contributed by atoms with Gasteiger partial charge in [0.15, 0.2) is 0 Å². The van der Waals surface area contributed by atoms with Gasteiger partial charge in [-0.15, -0.1) is 0 Å². The smallest absolute Gasteiger partial charge is 0.138 e. The molecule has 0 spiro atoms. The predicted molar refractivity (Wildman–Crippen MR) is 130 cm³/mol. The van der Waals surface area contributed by atoms with E-state index in [0.29, 0.717) is 38.8 Å². The second-order valence-corrected chi connectivity index (χ2v) is 15.1. The van der Waals surface area contributed by atoms with Crippen LogP contribution in [0.2, 0.25) is 0 Å².